The fraction of sp³-hybridized carbons (Fsp3) is 0.857. The van der Waals surface area contributed by atoms with E-state index < -0.39 is 6.10 Å². The van der Waals surface area contributed by atoms with Gasteiger partial charge in [0, 0.05) is 0 Å². The van der Waals surface area contributed by atoms with Crippen molar-refractivity contribution in [3.05, 3.63) is 11.6 Å². The third-order valence-electron chi connectivity index (χ3n) is 8.10. The minimum atomic E-state index is -0.785. The molecule has 5 heteroatoms. The van der Waals surface area contributed by atoms with Crippen molar-refractivity contribution in [2.24, 2.45) is 22.7 Å². The first-order valence-corrected chi connectivity index (χ1v) is 10.1. The zero-order valence-electron chi connectivity index (χ0n) is 16.2. The summed E-state index contributed by atoms with van der Waals surface area (Å²) in [6.07, 6.45) is 6.60. The van der Waals surface area contributed by atoms with Crippen LogP contribution in [0.5, 0.6) is 0 Å². The molecule has 26 heavy (non-hydrogen) atoms. The number of hydrogen-bond acceptors (Lipinski definition) is 5. The standard InChI is InChI=1S/C21H32O5/c1-19(2)15-7-10-21(12-26-21)16(20(15,3)9-8-17(19)23)6-4-5-13-14(22)11-25-18(13)24/h5,14-17,22-23H,4,6-12H2,1-3H3. The highest BCUT2D eigenvalue weighted by Gasteiger charge is 2.65. The number of aliphatic hydroxyl groups excluding tert-OH is 2. The van der Waals surface area contributed by atoms with Crippen LogP contribution >= 0.6 is 0 Å². The monoisotopic (exact) mass is 364 g/mol. The van der Waals surface area contributed by atoms with Gasteiger partial charge in [-0.05, 0) is 61.2 Å². The maximum absolute atomic E-state index is 11.7. The van der Waals surface area contributed by atoms with Crippen molar-refractivity contribution >= 4 is 5.97 Å². The molecule has 0 aromatic heterocycles. The van der Waals surface area contributed by atoms with Gasteiger partial charge in [-0.3, -0.25) is 0 Å². The van der Waals surface area contributed by atoms with Gasteiger partial charge in [-0.2, -0.15) is 0 Å². The maximum Gasteiger partial charge on any atom is 0.336 e. The Labute approximate surface area is 155 Å². The molecule has 2 aliphatic heterocycles. The van der Waals surface area contributed by atoms with E-state index in [2.05, 4.69) is 20.8 Å². The number of aliphatic hydroxyl groups is 2. The van der Waals surface area contributed by atoms with E-state index in [9.17, 15) is 15.0 Å². The van der Waals surface area contributed by atoms with Gasteiger partial charge in [0.05, 0.1) is 23.9 Å². The van der Waals surface area contributed by atoms with Gasteiger partial charge in [-0.25, -0.2) is 4.79 Å². The van der Waals surface area contributed by atoms with Gasteiger partial charge in [0.25, 0.3) is 0 Å². The minimum Gasteiger partial charge on any atom is -0.459 e. The van der Waals surface area contributed by atoms with Gasteiger partial charge < -0.3 is 19.7 Å². The van der Waals surface area contributed by atoms with Crippen LogP contribution in [-0.2, 0) is 14.3 Å². The van der Waals surface area contributed by atoms with E-state index in [1.807, 2.05) is 6.08 Å². The molecule has 4 fully saturated rings. The highest BCUT2D eigenvalue weighted by Crippen LogP contribution is 2.66. The van der Waals surface area contributed by atoms with E-state index in [-0.39, 0.29) is 35.1 Å². The first kappa shape index (κ1) is 18.5. The van der Waals surface area contributed by atoms with Crippen molar-refractivity contribution in [1.29, 1.82) is 0 Å². The fourth-order valence-corrected chi connectivity index (χ4v) is 6.48. The second-order valence-electron chi connectivity index (χ2n) is 9.73. The average Bonchev–Trinajstić information content (AvgIpc) is 3.28. The molecule has 6 unspecified atom stereocenters. The lowest BCUT2D eigenvalue weighted by molar-refractivity contribution is -0.155. The van der Waals surface area contributed by atoms with E-state index >= 15 is 0 Å². The zero-order valence-corrected chi connectivity index (χ0v) is 16.2. The van der Waals surface area contributed by atoms with Gasteiger partial charge in [-0.1, -0.05) is 26.8 Å². The van der Waals surface area contributed by atoms with E-state index in [0.717, 1.165) is 45.1 Å². The van der Waals surface area contributed by atoms with Crippen molar-refractivity contribution in [1.82, 2.24) is 0 Å². The summed E-state index contributed by atoms with van der Waals surface area (Å²) in [5, 5.41) is 20.5. The van der Waals surface area contributed by atoms with Crippen LogP contribution in [0.1, 0.15) is 59.3 Å². The summed E-state index contributed by atoms with van der Waals surface area (Å²) < 4.78 is 10.9. The quantitative estimate of drug-likeness (QED) is 0.457. The number of hydrogen-bond donors (Lipinski definition) is 2. The molecule has 4 rings (SSSR count). The number of fused-ring (bicyclic) bond motifs is 1. The number of allylic oxidation sites excluding steroid dienone is 1. The number of carbonyl (C=O) groups is 1. The van der Waals surface area contributed by atoms with Gasteiger partial charge in [0.1, 0.15) is 12.7 Å². The van der Waals surface area contributed by atoms with Crippen LogP contribution < -0.4 is 0 Å². The molecule has 4 aliphatic rings. The zero-order chi connectivity index (χ0) is 18.7. The Kier molecular flexibility index (Phi) is 4.29. The van der Waals surface area contributed by atoms with Crippen LogP contribution in [0.15, 0.2) is 11.6 Å². The number of esters is 1. The molecule has 0 aromatic rings. The van der Waals surface area contributed by atoms with Crippen molar-refractivity contribution in [2.75, 3.05) is 13.2 Å². The minimum absolute atomic E-state index is 0.00305. The number of carbonyl (C=O) groups excluding carboxylic acids is 1. The Morgan fingerprint density at radius 2 is 1.92 bits per heavy atom. The first-order chi connectivity index (χ1) is 12.2. The Hall–Kier alpha value is -0.910. The van der Waals surface area contributed by atoms with Crippen molar-refractivity contribution in [3.8, 4) is 0 Å². The summed E-state index contributed by atoms with van der Waals surface area (Å²) in [4.78, 5) is 11.7. The summed E-state index contributed by atoms with van der Waals surface area (Å²) in [6.45, 7) is 7.74. The molecule has 146 valence electrons. The second kappa shape index (κ2) is 6.05. The lowest BCUT2D eigenvalue weighted by Gasteiger charge is -2.60. The number of rotatable bonds is 3. The highest BCUT2D eigenvalue weighted by molar-refractivity contribution is 5.91. The summed E-state index contributed by atoms with van der Waals surface area (Å²) in [6, 6.07) is 0. The molecule has 6 atom stereocenters. The van der Waals surface area contributed by atoms with Crippen LogP contribution in [-0.4, -0.2) is 47.2 Å². The Morgan fingerprint density at radius 3 is 2.54 bits per heavy atom. The third-order valence-corrected chi connectivity index (χ3v) is 8.10. The van der Waals surface area contributed by atoms with Crippen molar-refractivity contribution in [3.63, 3.8) is 0 Å². The topological polar surface area (TPSA) is 79.3 Å². The summed E-state index contributed by atoms with van der Waals surface area (Å²) in [7, 11) is 0. The van der Waals surface area contributed by atoms with Gasteiger partial charge in [-0.15, -0.1) is 0 Å². The predicted octanol–water partition coefficient (Wildman–Crippen LogP) is 2.59. The molecule has 1 spiro atoms. The molecular formula is C21H32O5. The normalized spacial score (nSPS) is 48.5. The van der Waals surface area contributed by atoms with Crippen molar-refractivity contribution < 1.29 is 24.5 Å². The predicted molar refractivity (Wildman–Crippen MR) is 96.3 cm³/mol. The summed E-state index contributed by atoms with van der Waals surface area (Å²) in [5.74, 6) is 0.518. The van der Waals surface area contributed by atoms with Crippen LogP contribution in [0, 0.1) is 22.7 Å². The van der Waals surface area contributed by atoms with Crippen LogP contribution in [0.4, 0.5) is 0 Å². The molecule has 2 aliphatic carbocycles. The lowest BCUT2D eigenvalue weighted by Crippen LogP contribution is -2.58. The van der Waals surface area contributed by atoms with E-state index in [1.54, 1.807) is 0 Å². The Bertz CT molecular complexity index is 620. The fourth-order valence-electron chi connectivity index (χ4n) is 6.48. The molecule has 2 heterocycles. The maximum atomic E-state index is 11.7. The third kappa shape index (κ3) is 2.66. The molecule has 0 aromatic carbocycles. The number of ether oxygens (including phenoxy) is 2. The molecule has 0 bridgehead atoms. The largest absolute Gasteiger partial charge is 0.459 e. The summed E-state index contributed by atoms with van der Waals surface area (Å²) >= 11 is 0. The number of epoxide rings is 1. The molecule has 2 N–H and O–H groups in total. The molecule has 2 saturated carbocycles. The molecule has 5 nitrogen and oxygen atoms in total. The second-order valence-corrected chi connectivity index (χ2v) is 9.73. The van der Waals surface area contributed by atoms with Crippen LogP contribution in [0.3, 0.4) is 0 Å². The van der Waals surface area contributed by atoms with Gasteiger partial charge in [0.2, 0.25) is 0 Å². The van der Waals surface area contributed by atoms with E-state index in [4.69, 9.17) is 9.47 Å². The number of cyclic esters (lactones) is 1. The molecular weight excluding hydrogens is 332 g/mol. The Balaban J connectivity index is 1.55. The van der Waals surface area contributed by atoms with Crippen molar-refractivity contribution in [2.45, 2.75) is 77.1 Å². The molecule has 0 amide bonds. The SMILES string of the molecule is CC1(C)C(O)CCC2(C)C(CCC=C3C(=O)OCC3O)C3(CCC12)CO3. The van der Waals surface area contributed by atoms with Gasteiger partial charge in [0.15, 0.2) is 0 Å². The average molecular weight is 364 g/mol. The van der Waals surface area contributed by atoms with Crippen LogP contribution in [0.25, 0.3) is 0 Å². The van der Waals surface area contributed by atoms with E-state index in [1.165, 1.54) is 0 Å². The van der Waals surface area contributed by atoms with Gasteiger partial charge >= 0.3 is 5.97 Å². The first-order valence-electron chi connectivity index (χ1n) is 10.1. The molecule has 2 saturated heterocycles. The molecule has 0 radical (unpaired) electrons. The highest BCUT2D eigenvalue weighted by atomic mass is 16.6. The Morgan fingerprint density at radius 1 is 1.19 bits per heavy atom. The summed E-state index contributed by atoms with van der Waals surface area (Å²) in [5.41, 5.74) is 0.473. The lowest BCUT2D eigenvalue weighted by atomic mass is 9.45. The van der Waals surface area contributed by atoms with E-state index in [0.29, 0.717) is 17.4 Å². The smallest absolute Gasteiger partial charge is 0.336 e. The van der Waals surface area contributed by atoms with Crippen LogP contribution in [0.2, 0.25) is 0 Å².